The molecule has 0 spiro atoms. The van der Waals surface area contributed by atoms with Gasteiger partial charge >= 0.3 is 0 Å². The predicted octanol–water partition coefficient (Wildman–Crippen LogP) is 3.09. The van der Waals surface area contributed by atoms with Crippen LogP contribution >= 0.6 is 0 Å². The second-order valence-electron chi connectivity index (χ2n) is 5.60. The van der Waals surface area contributed by atoms with Gasteiger partial charge in [-0.3, -0.25) is 0 Å². The van der Waals surface area contributed by atoms with Crippen molar-refractivity contribution in [1.82, 2.24) is 4.98 Å². The van der Waals surface area contributed by atoms with Crippen molar-refractivity contribution < 1.29 is 0 Å². The molecule has 0 bridgehead atoms. The number of hydrogen-bond acceptors (Lipinski definition) is 3. The Morgan fingerprint density at radius 1 is 1.44 bits per heavy atom. The van der Waals surface area contributed by atoms with E-state index >= 15 is 0 Å². The van der Waals surface area contributed by atoms with Gasteiger partial charge in [0.25, 0.3) is 0 Å². The number of hydrogen-bond donors (Lipinski definition) is 0. The molecule has 1 aliphatic rings. The van der Waals surface area contributed by atoms with E-state index in [0.717, 1.165) is 18.8 Å². The van der Waals surface area contributed by atoms with Gasteiger partial charge in [-0.15, -0.1) is 0 Å². The maximum Gasteiger partial charge on any atom is 0.128 e. The largest absolute Gasteiger partial charge is 0.352 e. The molecule has 96 valence electrons. The minimum atomic E-state index is 0.113. The molecule has 1 aliphatic heterocycles. The number of pyridine rings is 1. The van der Waals surface area contributed by atoms with Gasteiger partial charge in [-0.1, -0.05) is 26.8 Å². The van der Waals surface area contributed by atoms with Crippen LogP contribution in [-0.4, -0.2) is 17.6 Å². The molecule has 0 saturated carbocycles. The normalized spacial score (nSPS) is 28.2. The van der Waals surface area contributed by atoms with E-state index in [-0.39, 0.29) is 5.92 Å². The highest BCUT2D eigenvalue weighted by atomic mass is 15.2. The first kappa shape index (κ1) is 12.9. The van der Waals surface area contributed by atoms with Gasteiger partial charge in [-0.05, 0) is 30.4 Å². The number of nitriles is 1. The summed E-state index contributed by atoms with van der Waals surface area (Å²) in [6.07, 6.45) is 2.90. The molecule has 2 rings (SSSR count). The van der Waals surface area contributed by atoms with E-state index in [9.17, 15) is 5.26 Å². The summed E-state index contributed by atoms with van der Waals surface area (Å²) in [4.78, 5) is 6.76. The van der Waals surface area contributed by atoms with Crippen molar-refractivity contribution in [2.75, 3.05) is 11.4 Å². The summed E-state index contributed by atoms with van der Waals surface area (Å²) in [6, 6.07) is 8.92. The van der Waals surface area contributed by atoms with Crippen LogP contribution in [0.4, 0.5) is 5.82 Å². The molecular formula is C15H21N3. The van der Waals surface area contributed by atoms with E-state index in [1.165, 1.54) is 0 Å². The molecule has 3 unspecified atom stereocenters. The summed E-state index contributed by atoms with van der Waals surface area (Å²) in [7, 11) is 0. The molecule has 1 fully saturated rings. The van der Waals surface area contributed by atoms with E-state index in [4.69, 9.17) is 0 Å². The van der Waals surface area contributed by atoms with Crippen LogP contribution in [0.5, 0.6) is 0 Å². The Morgan fingerprint density at radius 3 is 2.78 bits per heavy atom. The molecule has 1 saturated heterocycles. The van der Waals surface area contributed by atoms with Gasteiger partial charge in [0, 0.05) is 18.8 Å². The fourth-order valence-electron chi connectivity index (χ4n) is 2.79. The highest BCUT2D eigenvalue weighted by Gasteiger charge is 2.35. The quantitative estimate of drug-likeness (QED) is 0.801. The van der Waals surface area contributed by atoms with Crippen LogP contribution in [0.3, 0.4) is 0 Å². The Labute approximate surface area is 109 Å². The maximum atomic E-state index is 9.25. The first-order valence-corrected chi connectivity index (χ1v) is 6.70. The topological polar surface area (TPSA) is 39.9 Å². The lowest BCUT2D eigenvalue weighted by Crippen LogP contribution is -2.49. The first-order chi connectivity index (χ1) is 8.63. The fraction of sp³-hybridized carbons (Fsp3) is 0.600. The van der Waals surface area contributed by atoms with Crippen molar-refractivity contribution >= 4 is 5.82 Å². The molecule has 3 nitrogen and oxygen atoms in total. The molecule has 0 radical (unpaired) electrons. The molecule has 0 amide bonds. The lowest BCUT2D eigenvalue weighted by molar-refractivity contribution is 0.265. The Hall–Kier alpha value is -1.56. The number of aromatic nitrogens is 1. The lowest BCUT2D eigenvalue weighted by atomic mass is 9.80. The van der Waals surface area contributed by atoms with Crippen LogP contribution in [0, 0.1) is 29.1 Å². The molecule has 1 aromatic heterocycles. The Balaban J connectivity index is 2.27. The van der Waals surface area contributed by atoms with Gasteiger partial charge in [0.2, 0.25) is 0 Å². The zero-order chi connectivity index (χ0) is 13.1. The third kappa shape index (κ3) is 2.48. The van der Waals surface area contributed by atoms with Crippen LogP contribution in [-0.2, 0) is 0 Å². The minimum absolute atomic E-state index is 0.113. The van der Waals surface area contributed by atoms with E-state index in [2.05, 4.69) is 36.7 Å². The molecular weight excluding hydrogens is 222 g/mol. The second kappa shape index (κ2) is 5.39. The number of piperidine rings is 1. The van der Waals surface area contributed by atoms with Crippen LogP contribution in [0.25, 0.3) is 0 Å². The fourth-order valence-corrected chi connectivity index (χ4v) is 2.79. The highest BCUT2D eigenvalue weighted by Crippen LogP contribution is 2.33. The standard InChI is InChI=1S/C15H21N3/c1-11(2)14-8-12(3)13(9-16)10-18(14)15-6-4-5-7-17-15/h4-7,11-14H,8,10H2,1-3H3. The second-order valence-corrected chi connectivity index (χ2v) is 5.60. The summed E-state index contributed by atoms with van der Waals surface area (Å²) in [5, 5.41) is 9.25. The third-order valence-corrected chi connectivity index (χ3v) is 3.97. The average molecular weight is 243 g/mol. The monoisotopic (exact) mass is 243 g/mol. The summed E-state index contributed by atoms with van der Waals surface area (Å²) in [6.45, 7) is 7.50. The van der Waals surface area contributed by atoms with Crippen molar-refractivity contribution in [2.45, 2.75) is 33.2 Å². The summed E-state index contributed by atoms with van der Waals surface area (Å²) in [5.41, 5.74) is 0. The Morgan fingerprint density at radius 2 is 2.22 bits per heavy atom. The zero-order valence-electron chi connectivity index (χ0n) is 11.4. The number of nitrogens with zero attached hydrogens (tertiary/aromatic N) is 3. The van der Waals surface area contributed by atoms with Crippen LogP contribution in [0.15, 0.2) is 24.4 Å². The smallest absolute Gasteiger partial charge is 0.128 e. The van der Waals surface area contributed by atoms with Crippen LogP contribution in [0.1, 0.15) is 27.2 Å². The molecule has 18 heavy (non-hydrogen) atoms. The number of anilines is 1. The van der Waals surface area contributed by atoms with Gasteiger partial charge < -0.3 is 4.90 Å². The summed E-state index contributed by atoms with van der Waals surface area (Å²) < 4.78 is 0. The lowest BCUT2D eigenvalue weighted by Gasteiger charge is -2.43. The van der Waals surface area contributed by atoms with E-state index in [0.29, 0.717) is 17.9 Å². The molecule has 1 aromatic rings. The van der Waals surface area contributed by atoms with Crippen molar-refractivity contribution in [3.8, 4) is 6.07 Å². The maximum absolute atomic E-state index is 9.25. The zero-order valence-corrected chi connectivity index (χ0v) is 11.4. The van der Waals surface area contributed by atoms with Crippen molar-refractivity contribution in [3.05, 3.63) is 24.4 Å². The number of rotatable bonds is 2. The Bertz CT molecular complexity index is 421. The van der Waals surface area contributed by atoms with Crippen LogP contribution in [0.2, 0.25) is 0 Å². The van der Waals surface area contributed by atoms with Gasteiger partial charge in [0.05, 0.1) is 12.0 Å². The van der Waals surface area contributed by atoms with Crippen LogP contribution < -0.4 is 4.90 Å². The highest BCUT2D eigenvalue weighted by molar-refractivity contribution is 5.40. The van der Waals surface area contributed by atoms with E-state index in [1.54, 1.807) is 0 Å². The van der Waals surface area contributed by atoms with Gasteiger partial charge in [-0.2, -0.15) is 5.26 Å². The molecule has 0 N–H and O–H groups in total. The van der Waals surface area contributed by atoms with Crippen molar-refractivity contribution in [2.24, 2.45) is 17.8 Å². The summed E-state index contributed by atoms with van der Waals surface area (Å²) in [5.74, 6) is 2.17. The molecule has 2 heterocycles. The summed E-state index contributed by atoms with van der Waals surface area (Å²) >= 11 is 0. The SMILES string of the molecule is CC(C)C1CC(C)C(C#N)CN1c1ccccn1. The van der Waals surface area contributed by atoms with Crippen molar-refractivity contribution in [1.29, 1.82) is 5.26 Å². The molecule has 0 aliphatic carbocycles. The first-order valence-electron chi connectivity index (χ1n) is 6.70. The van der Waals surface area contributed by atoms with Crippen molar-refractivity contribution in [3.63, 3.8) is 0 Å². The van der Waals surface area contributed by atoms with Gasteiger partial charge in [0.15, 0.2) is 0 Å². The predicted molar refractivity (Wildman–Crippen MR) is 73.1 cm³/mol. The minimum Gasteiger partial charge on any atom is -0.352 e. The molecule has 3 heteroatoms. The van der Waals surface area contributed by atoms with E-state index in [1.807, 2.05) is 24.4 Å². The molecule has 3 atom stereocenters. The third-order valence-electron chi connectivity index (χ3n) is 3.97. The van der Waals surface area contributed by atoms with Gasteiger partial charge in [-0.25, -0.2) is 4.98 Å². The van der Waals surface area contributed by atoms with Gasteiger partial charge in [0.1, 0.15) is 5.82 Å². The average Bonchev–Trinajstić information content (AvgIpc) is 2.39. The van der Waals surface area contributed by atoms with E-state index < -0.39 is 0 Å². The molecule has 0 aromatic carbocycles. The Kier molecular flexibility index (Phi) is 3.86.